The van der Waals surface area contributed by atoms with Crippen molar-refractivity contribution >= 4 is 40.1 Å². The van der Waals surface area contributed by atoms with E-state index in [2.05, 4.69) is 0 Å². The van der Waals surface area contributed by atoms with Crippen LogP contribution in [0.15, 0.2) is 0 Å². The third kappa shape index (κ3) is 6.56. The molecule has 0 aliphatic carbocycles. The second-order valence-corrected chi connectivity index (χ2v) is 5.13. The summed E-state index contributed by atoms with van der Waals surface area (Å²) >= 11 is 0.443. The molecule has 0 fully saturated rings. The average Bonchev–Trinajstić information content (AvgIpc) is 1.36. The van der Waals surface area contributed by atoms with Crippen molar-refractivity contribution < 1.29 is 9.90 Å². The first-order valence-corrected chi connectivity index (χ1v) is 4.29. The minimum atomic E-state index is -0.657. The predicted molar refractivity (Wildman–Crippen MR) is 38.3 cm³/mol. The molecule has 0 saturated carbocycles. The zero-order chi connectivity index (χ0) is 5.15. The van der Waals surface area contributed by atoms with E-state index in [0.29, 0.717) is 16.5 Å². The number of rotatable bonds is 1. The van der Waals surface area contributed by atoms with Gasteiger partial charge in [-0.3, -0.25) is 0 Å². The zero-order valence-electron chi connectivity index (χ0n) is 3.93. The zero-order valence-corrected chi connectivity index (χ0v) is 8.13. The van der Waals surface area contributed by atoms with Crippen LogP contribution in [0.5, 0.6) is 0 Å². The van der Waals surface area contributed by atoms with Crippen LogP contribution in [0, 0.1) is 0 Å². The summed E-state index contributed by atoms with van der Waals surface area (Å²) in [5, 5.41) is 8.04. The van der Waals surface area contributed by atoms with E-state index in [1.165, 1.54) is 0 Å². The molecular formula is C3H12Ge2O2. The molecule has 1 unspecified atom stereocenters. The van der Waals surface area contributed by atoms with Crippen molar-refractivity contribution in [3.63, 3.8) is 0 Å². The molecule has 7 heavy (non-hydrogen) atoms. The molecule has 4 heteroatoms. The molecule has 0 rings (SSSR count). The first-order valence-electron chi connectivity index (χ1n) is 1.87. The second kappa shape index (κ2) is 4.71. The van der Waals surface area contributed by atoms with E-state index in [9.17, 15) is 4.79 Å². The number of carboxylic acid groups (broad SMARTS) is 1. The molecule has 0 aliphatic rings. The second-order valence-electron chi connectivity index (χ2n) is 1.49. The predicted octanol–water partition coefficient (Wildman–Crippen LogP) is -2.21. The number of carboxylic acids is 1. The maximum atomic E-state index is 9.75. The van der Waals surface area contributed by atoms with Gasteiger partial charge in [0.15, 0.2) is 0 Å². The average molecular weight is 225 g/mol. The Morgan fingerprint density at radius 1 is 1.86 bits per heavy atom. The van der Waals surface area contributed by atoms with Gasteiger partial charge in [0.2, 0.25) is 0 Å². The molecule has 0 aromatic carbocycles. The van der Waals surface area contributed by atoms with Crippen LogP contribution in [0.2, 0.25) is 4.75 Å². The third-order valence-corrected chi connectivity index (χ3v) is 1.53. The quantitative estimate of drug-likeness (QED) is 0.514. The van der Waals surface area contributed by atoms with Crippen LogP contribution in [0.25, 0.3) is 0 Å². The normalized spacial score (nSPS) is 12.1. The van der Waals surface area contributed by atoms with Crippen molar-refractivity contribution in [3.8, 4) is 0 Å². The van der Waals surface area contributed by atoms with E-state index in [1.54, 1.807) is 6.92 Å². The van der Waals surface area contributed by atoms with Crippen molar-refractivity contribution in [2.45, 2.75) is 11.7 Å². The van der Waals surface area contributed by atoms with Gasteiger partial charge in [-0.15, -0.1) is 0 Å². The Labute approximate surface area is 61.9 Å². The van der Waals surface area contributed by atoms with Gasteiger partial charge in [0.25, 0.3) is 0 Å². The number of hydrogen-bond donors (Lipinski definition) is 1. The van der Waals surface area contributed by atoms with Crippen LogP contribution in [-0.4, -0.2) is 45.2 Å². The van der Waals surface area contributed by atoms with Crippen molar-refractivity contribution in [2.75, 3.05) is 0 Å². The van der Waals surface area contributed by atoms with Crippen molar-refractivity contribution in [1.82, 2.24) is 0 Å². The van der Waals surface area contributed by atoms with Gasteiger partial charge in [0.1, 0.15) is 0 Å². The van der Waals surface area contributed by atoms with Gasteiger partial charge in [-0.1, -0.05) is 0 Å². The summed E-state index contributed by atoms with van der Waals surface area (Å²) in [6.45, 7) is 1.72. The minimum absolute atomic E-state index is 0. The first-order chi connectivity index (χ1) is 2.64. The van der Waals surface area contributed by atoms with Crippen molar-refractivity contribution in [3.05, 3.63) is 0 Å². The maximum absolute atomic E-state index is 9.75. The summed E-state index contributed by atoms with van der Waals surface area (Å²) in [4.78, 5) is 9.75. The Balaban J connectivity index is 0. The van der Waals surface area contributed by atoms with Gasteiger partial charge in [-0.05, 0) is 0 Å². The number of hydrogen-bond acceptors (Lipinski definition) is 1. The standard InChI is InChI=1S/C3H8GeO2.GeH4/c1-2(4)3(5)6;/h2H,1,4H3,(H,5,6);1H4. The van der Waals surface area contributed by atoms with Gasteiger partial charge in [0.05, 0.1) is 0 Å². The molecule has 0 aliphatic heterocycles. The van der Waals surface area contributed by atoms with E-state index in [1.807, 2.05) is 0 Å². The Hall–Kier alpha value is 0.556. The van der Waals surface area contributed by atoms with Gasteiger partial charge in [-0.25, -0.2) is 0 Å². The Bertz CT molecular complexity index is 62.0. The Morgan fingerprint density at radius 3 is 2.00 bits per heavy atom. The van der Waals surface area contributed by atoms with Crippen LogP contribution in [0.3, 0.4) is 0 Å². The van der Waals surface area contributed by atoms with Crippen LogP contribution in [0.4, 0.5) is 0 Å². The summed E-state index contributed by atoms with van der Waals surface area (Å²) in [5.41, 5.74) is 0. The fourth-order valence-corrected chi connectivity index (χ4v) is 0. The SMILES string of the molecule is C[CH]([GeH3])C(=O)O.[GeH4]. The molecule has 0 saturated heterocycles. The fraction of sp³-hybridized carbons (Fsp3) is 0.667. The van der Waals surface area contributed by atoms with E-state index in [-0.39, 0.29) is 22.3 Å². The molecule has 0 heterocycles. The summed E-state index contributed by atoms with van der Waals surface area (Å²) < 4.78 is -0.0440. The van der Waals surface area contributed by atoms with Gasteiger partial charge in [0, 0.05) is 0 Å². The molecule has 44 valence electrons. The van der Waals surface area contributed by atoms with Crippen LogP contribution < -0.4 is 0 Å². The molecule has 2 nitrogen and oxygen atoms in total. The molecule has 0 radical (unpaired) electrons. The fourth-order valence-electron chi connectivity index (χ4n) is 0. The number of carbonyl (C=O) groups is 1. The van der Waals surface area contributed by atoms with E-state index in [0.717, 1.165) is 0 Å². The molecule has 0 aromatic rings. The Morgan fingerprint density at radius 2 is 2.00 bits per heavy atom. The summed E-state index contributed by atoms with van der Waals surface area (Å²) in [7, 11) is 0. The molecular weight excluding hydrogens is 213 g/mol. The van der Waals surface area contributed by atoms with Gasteiger partial charge >= 0.3 is 61.7 Å². The Kier molecular flexibility index (Phi) is 7.08. The van der Waals surface area contributed by atoms with E-state index < -0.39 is 5.97 Å². The van der Waals surface area contributed by atoms with Crippen molar-refractivity contribution in [2.24, 2.45) is 0 Å². The van der Waals surface area contributed by atoms with Crippen LogP contribution in [0.1, 0.15) is 6.92 Å². The van der Waals surface area contributed by atoms with Gasteiger partial charge < -0.3 is 0 Å². The molecule has 0 aromatic heterocycles. The number of aliphatic carboxylic acids is 1. The molecule has 0 amide bonds. The van der Waals surface area contributed by atoms with Crippen LogP contribution >= 0.6 is 0 Å². The topological polar surface area (TPSA) is 37.3 Å². The molecule has 0 spiro atoms. The molecule has 0 bridgehead atoms. The summed E-state index contributed by atoms with van der Waals surface area (Å²) in [5.74, 6) is -0.657. The van der Waals surface area contributed by atoms with E-state index in [4.69, 9.17) is 5.11 Å². The summed E-state index contributed by atoms with van der Waals surface area (Å²) in [6, 6.07) is 0. The van der Waals surface area contributed by atoms with E-state index >= 15 is 0 Å². The first kappa shape index (κ1) is 10.5. The monoisotopic (exact) mass is 228 g/mol. The summed E-state index contributed by atoms with van der Waals surface area (Å²) in [6.07, 6.45) is 0. The van der Waals surface area contributed by atoms with Crippen LogP contribution in [-0.2, 0) is 4.79 Å². The molecule has 1 N–H and O–H groups in total. The van der Waals surface area contributed by atoms with Gasteiger partial charge in [-0.2, -0.15) is 0 Å². The third-order valence-electron chi connectivity index (χ3n) is 0.494. The van der Waals surface area contributed by atoms with Crippen molar-refractivity contribution in [1.29, 1.82) is 0 Å². The molecule has 1 atom stereocenters.